The molecule has 2 heteroatoms. The molecule has 0 aromatic rings. The van der Waals surface area contributed by atoms with E-state index < -0.39 is 5.97 Å². The van der Waals surface area contributed by atoms with Crippen molar-refractivity contribution in [3.05, 3.63) is 12.2 Å². The molecule has 4 rings (SSSR count). The molecule has 0 heterocycles. The van der Waals surface area contributed by atoms with E-state index >= 15 is 0 Å². The van der Waals surface area contributed by atoms with Crippen LogP contribution < -0.4 is 0 Å². The Morgan fingerprint density at radius 3 is 2.12 bits per heavy atom. The van der Waals surface area contributed by atoms with Gasteiger partial charge in [0, 0.05) is 6.08 Å². The van der Waals surface area contributed by atoms with Gasteiger partial charge in [-0.1, -0.05) is 6.08 Å². The van der Waals surface area contributed by atoms with Crippen LogP contribution in [-0.2, 0) is 4.79 Å². The summed E-state index contributed by atoms with van der Waals surface area (Å²) in [5.41, 5.74) is 0. The van der Waals surface area contributed by atoms with Crippen LogP contribution in [0.3, 0.4) is 0 Å². The summed E-state index contributed by atoms with van der Waals surface area (Å²) >= 11 is 0. The molecule has 0 atom stereocenters. The van der Waals surface area contributed by atoms with Gasteiger partial charge in [0.2, 0.25) is 0 Å². The third-order valence-corrected chi connectivity index (χ3v) is 5.09. The van der Waals surface area contributed by atoms with Crippen molar-refractivity contribution >= 4 is 5.97 Å². The second kappa shape index (κ2) is 3.90. The highest BCUT2D eigenvalue weighted by Crippen LogP contribution is 2.57. The van der Waals surface area contributed by atoms with Gasteiger partial charge in [0.25, 0.3) is 0 Å². The Balaban J connectivity index is 1.65. The molecule has 4 fully saturated rings. The number of carboxylic acids is 1. The second-order valence-corrected chi connectivity index (χ2v) is 6.07. The van der Waals surface area contributed by atoms with Crippen molar-refractivity contribution < 1.29 is 9.90 Å². The maximum atomic E-state index is 10.5. The Labute approximate surface area is 96.7 Å². The highest BCUT2D eigenvalue weighted by atomic mass is 16.4. The Hall–Kier alpha value is -0.790. The molecule has 88 valence electrons. The number of carboxylic acid groups (broad SMARTS) is 1. The normalized spacial score (nSPS) is 45.4. The Bertz CT molecular complexity index is 291. The van der Waals surface area contributed by atoms with E-state index in [4.69, 9.17) is 5.11 Å². The lowest BCUT2D eigenvalue weighted by Gasteiger charge is -2.54. The van der Waals surface area contributed by atoms with Crippen molar-refractivity contribution in [1.82, 2.24) is 0 Å². The molecule has 0 aromatic heterocycles. The van der Waals surface area contributed by atoms with E-state index in [9.17, 15) is 4.79 Å². The zero-order chi connectivity index (χ0) is 11.1. The van der Waals surface area contributed by atoms with Gasteiger partial charge in [-0.05, 0) is 68.1 Å². The molecule has 4 bridgehead atoms. The molecule has 4 aliphatic rings. The molecule has 1 N–H and O–H groups in total. The molecule has 0 radical (unpaired) electrons. The number of allylic oxidation sites excluding steroid dienone is 1. The number of aliphatic carboxylic acids is 1. The van der Waals surface area contributed by atoms with Crippen LogP contribution in [0.25, 0.3) is 0 Å². The third-order valence-electron chi connectivity index (χ3n) is 5.09. The first-order valence-electron chi connectivity index (χ1n) is 6.62. The first-order valence-corrected chi connectivity index (χ1v) is 6.62. The molecule has 2 nitrogen and oxygen atoms in total. The van der Waals surface area contributed by atoms with E-state index in [1.54, 1.807) is 0 Å². The van der Waals surface area contributed by atoms with Crippen molar-refractivity contribution in [3.63, 3.8) is 0 Å². The van der Waals surface area contributed by atoms with Crippen molar-refractivity contribution in [2.75, 3.05) is 0 Å². The van der Waals surface area contributed by atoms with E-state index in [0.29, 0.717) is 0 Å². The van der Waals surface area contributed by atoms with Gasteiger partial charge in [0.05, 0.1) is 0 Å². The maximum absolute atomic E-state index is 10.5. The van der Waals surface area contributed by atoms with Gasteiger partial charge < -0.3 is 5.11 Å². The van der Waals surface area contributed by atoms with Crippen LogP contribution >= 0.6 is 0 Å². The Morgan fingerprint density at radius 2 is 1.62 bits per heavy atom. The average Bonchev–Trinajstić information content (AvgIpc) is 2.20. The highest BCUT2D eigenvalue weighted by Gasteiger charge is 2.47. The molecule has 16 heavy (non-hydrogen) atoms. The predicted octanol–water partition coefficient (Wildman–Crippen LogP) is 3.09. The van der Waals surface area contributed by atoms with Crippen molar-refractivity contribution in [2.24, 2.45) is 29.6 Å². The van der Waals surface area contributed by atoms with E-state index in [1.807, 2.05) is 6.08 Å². The topological polar surface area (TPSA) is 37.3 Å². The highest BCUT2D eigenvalue weighted by molar-refractivity contribution is 5.79. The molecule has 0 aromatic carbocycles. The summed E-state index contributed by atoms with van der Waals surface area (Å²) in [5, 5.41) is 8.61. The summed E-state index contributed by atoms with van der Waals surface area (Å²) in [6, 6.07) is 0. The zero-order valence-corrected chi connectivity index (χ0v) is 9.64. The summed E-state index contributed by atoms with van der Waals surface area (Å²) in [6.07, 6.45) is 11.4. The minimum atomic E-state index is -0.802. The van der Waals surface area contributed by atoms with Crippen molar-refractivity contribution in [3.8, 4) is 0 Å². The zero-order valence-electron chi connectivity index (χ0n) is 9.64. The molecule has 0 spiro atoms. The lowest BCUT2D eigenvalue weighted by Crippen LogP contribution is -2.44. The maximum Gasteiger partial charge on any atom is 0.327 e. The molecule has 4 aliphatic carbocycles. The fourth-order valence-electron chi connectivity index (χ4n) is 4.75. The lowest BCUT2D eigenvalue weighted by atomic mass is 9.51. The average molecular weight is 220 g/mol. The van der Waals surface area contributed by atoms with E-state index in [0.717, 1.165) is 36.0 Å². The Kier molecular flexibility index (Phi) is 2.53. The third kappa shape index (κ3) is 1.79. The van der Waals surface area contributed by atoms with Gasteiger partial charge in [-0.3, -0.25) is 0 Å². The fraction of sp³-hybridized carbons (Fsp3) is 0.786. The first kappa shape index (κ1) is 10.4. The van der Waals surface area contributed by atoms with Gasteiger partial charge >= 0.3 is 5.97 Å². The number of hydrogen-bond acceptors (Lipinski definition) is 1. The van der Waals surface area contributed by atoms with Crippen LogP contribution in [0.2, 0.25) is 0 Å². The van der Waals surface area contributed by atoms with Crippen LogP contribution in [-0.4, -0.2) is 11.1 Å². The largest absolute Gasteiger partial charge is 0.478 e. The lowest BCUT2D eigenvalue weighted by molar-refractivity contribution is -0.131. The van der Waals surface area contributed by atoms with Gasteiger partial charge in [0.15, 0.2) is 0 Å². The smallest absolute Gasteiger partial charge is 0.327 e. The van der Waals surface area contributed by atoms with Crippen molar-refractivity contribution in [1.29, 1.82) is 0 Å². The van der Waals surface area contributed by atoms with E-state index in [-0.39, 0.29) is 0 Å². The van der Waals surface area contributed by atoms with Crippen LogP contribution in [0.5, 0.6) is 0 Å². The quantitative estimate of drug-likeness (QED) is 0.742. The standard InChI is InChI=1S/C14H20O2/c15-14(16)3-1-2-13-11-5-9-4-10(7-11)8-12(13)6-9/h1,3,9-13H,2,4-8H2,(H,15,16)/b3-1+. The van der Waals surface area contributed by atoms with Gasteiger partial charge in [0.1, 0.15) is 0 Å². The minimum absolute atomic E-state index is 0.795. The van der Waals surface area contributed by atoms with Gasteiger partial charge in [-0.2, -0.15) is 0 Å². The molecule has 0 aliphatic heterocycles. The number of rotatable bonds is 3. The van der Waals surface area contributed by atoms with E-state index in [2.05, 4.69) is 0 Å². The number of carbonyl (C=O) groups is 1. The summed E-state index contributed by atoms with van der Waals surface area (Å²) in [4.78, 5) is 10.5. The summed E-state index contributed by atoms with van der Waals surface area (Å²) in [7, 11) is 0. The molecule has 4 saturated carbocycles. The summed E-state index contributed by atoms with van der Waals surface area (Å²) in [6.45, 7) is 0. The minimum Gasteiger partial charge on any atom is -0.478 e. The van der Waals surface area contributed by atoms with Crippen LogP contribution in [0, 0.1) is 29.6 Å². The predicted molar refractivity (Wildman–Crippen MR) is 61.9 cm³/mol. The number of hydrogen-bond donors (Lipinski definition) is 1. The van der Waals surface area contributed by atoms with Gasteiger partial charge in [-0.15, -0.1) is 0 Å². The summed E-state index contributed by atoms with van der Waals surface area (Å²) in [5.74, 6) is 3.85. The molecule has 0 unspecified atom stereocenters. The molecule has 0 amide bonds. The molecular weight excluding hydrogens is 200 g/mol. The second-order valence-electron chi connectivity index (χ2n) is 6.07. The monoisotopic (exact) mass is 220 g/mol. The van der Waals surface area contributed by atoms with Gasteiger partial charge in [-0.25, -0.2) is 4.79 Å². The van der Waals surface area contributed by atoms with Crippen LogP contribution in [0.1, 0.15) is 38.5 Å². The SMILES string of the molecule is O=C(O)/C=C/CC1C2CC3CC(C2)CC1C3. The van der Waals surface area contributed by atoms with E-state index in [1.165, 1.54) is 38.2 Å². The molecule has 0 saturated heterocycles. The Morgan fingerprint density at radius 1 is 1.06 bits per heavy atom. The van der Waals surface area contributed by atoms with Crippen molar-refractivity contribution in [2.45, 2.75) is 38.5 Å². The van der Waals surface area contributed by atoms with Crippen LogP contribution in [0.15, 0.2) is 12.2 Å². The summed E-state index contributed by atoms with van der Waals surface area (Å²) < 4.78 is 0. The molecular formula is C14H20O2. The first-order chi connectivity index (χ1) is 7.72. The fourth-order valence-corrected chi connectivity index (χ4v) is 4.75. The van der Waals surface area contributed by atoms with Crippen LogP contribution in [0.4, 0.5) is 0 Å².